The maximum absolute atomic E-state index is 13.0. The Morgan fingerprint density at radius 1 is 1.13 bits per heavy atom. The minimum absolute atomic E-state index is 0.147. The number of hydrogen-bond donors (Lipinski definition) is 2. The molecule has 0 unspecified atom stereocenters. The molecular formula is C17H14FN3O2. The van der Waals surface area contributed by atoms with Crippen LogP contribution in [-0.4, -0.2) is 16.1 Å². The quantitative estimate of drug-likeness (QED) is 0.780. The highest BCUT2D eigenvalue weighted by molar-refractivity contribution is 6.04. The number of hydrogen-bond acceptors (Lipinski definition) is 3. The van der Waals surface area contributed by atoms with Gasteiger partial charge in [-0.3, -0.25) is 9.59 Å². The Kier molecular flexibility index (Phi) is 3.89. The monoisotopic (exact) mass is 311 g/mol. The van der Waals surface area contributed by atoms with Crippen LogP contribution in [0.1, 0.15) is 29.0 Å². The van der Waals surface area contributed by atoms with Crippen molar-refractivity contribution in [2.24, 2.45) is 0 Å². The summed E-state index contributed by atoms with van der Waals surface area (Å²) < 4.78 is 13.0. The van der Waals surface area contributed by atoms with Crippen LogP contribution in [0.3, 0.4) is 0 Å². The zero-order chi connectivity index (χ0) is 16.4. The molecule has 2 aromatic carbocycles. The highest BCUT2D eigenvalue weighted by Gasteiger charge is 2.16. The Bertz CT molecular complexity index is 919. The summed E-state index contributed by atoms with van der Waals surface area (Å²) in [4.78, 5) is 24.2. The lowest BCUT2D eigenvalue weighted by molar-refractivity contribution is 0.0935. The summed E-state index contributed by atoms with van der Waals surface area (Å²) in [6, 6.07) is 12.3. The topological polar surface area (TPSA) is 74.8 Å². The fourth-order valence-corrected chi connectivity index (χ4v) is 2.39. The van der Waals surface area contributed by atoms with Crippen molar-refractivity contribution < 1.29 is 9.18 Å². The van der Waals surface area contributed by atoms with E-state index < -0.39 is 5.91 Å². The first-order chi connectivity index (χ1) is 11.1. The molecule has 1 amide bonds. The van der Waals surface area contributed by atoms with Gasteiger partial charge in [-0.15, -0.1) is 0 Å². The summed E-state index contributed by atoms with van der Waals surface area (Å²) in [5.74, 6) is -0.741. The van der Waals surface area contributed by atoms with Gasteiger partial charge < -0.3 is 5.32 Å². The van der Waals surface area contributed by atoms with E-state index in [4.69, 9.17) is 0 Å². The number of halogens is 1. The van der Waals surface area contributed by atoms with Crippen molar-refractivity contribution >= 4 is 16.7 Å². The largest absolute Gasteiger partial charge is 0.344 e. The molecule has 2 N–H and O–H groups in total. The van der Waals surface area contributed by atoms with Crippen molar-refractivity contribution in [3.05, 3.63) is 76.0 Å². The van der Waals surface area contributed by atoms with E-state index in [0.717, 1.165) is 5.56 Å². The first-order valence-corrected chi connectivity index (χ1v) is 7.10. The van der Waals surface area contributed by atoms with Crippen LogP contribution in [0.5, 0.6) is 0 Å². The standard InChI is InChI=1S/C17H14FN3O2/c1-10(11-6-8-12(18)9-7-11)19-17(23)15-13-4-2-3-5-14(13)16(22)21-20-15/h2-10H,1H3,(H,19,23)(H,21,22)/t10-/m1/s1. The summed E-state index contributed by atoms with van der Waals surface area (Å²) in [5, 5.41) is 9.87. The molecule has 6 heteroatoms. The minimum Gasteiger partial charge on any atom is -0.344 e. The smallest absolute Gasteiger partial charge is 0.272 e. The molecule has 0 bridgehead atoms. The number of fused-ring (bicyclic) bond motifs is 1. The van der Waals surface area contributed by atoms with Crippen LogP contribution in [0, 0.1) is 5.82 Å². The minimum atomic E-state index is -0.408. The van der Waals surface area contributed by atoms with Crippen LogP contribution in [0.15, 0.2) is 53.3 Å². The molecule has 5 nitrogen and oxygen atoms in total. The van der Waals surface area contributed by atoms with E-state index >= 15 is 0 Å². The average molecular weight is 311 g/mol. The van der Waals surface area contributed by atoms with Gasteiger partial charge in [0.2, 0.25) is 0 Å². The maximum atomic E-state index is 13.0. The van der Waals surface area contributed by atoms with Gasteiger partial charge in [-0.1, -0.05) is 30.3 Å². The lowest BCUT2D eigenvalue weighted by atomic mass is 10.1. The number of nitrogens with zero attached hydrogens (tertiary/aromatic N) is 1. The van der Waals surface area contributed by atoms with Gasteiger partial charge in [-0.05, 0) is 30.7 Å². The normalized spacial score (nSPS) is 12.1. The molecule has 3 aromatic rings. The molecule has 3 rings (SSSR count). The van der Waals surface area contributed by atoms with Gasteiger partial charge in [0.1, 0.15) is 5.82 Å². The number of amides is 1. The Balaban J connectivity index is 1.91. The van der Waals surface area contributed by atoms with E-state index in [1.807, 2.05) is 0 Å². The predicted molar refractivity (Wildman–Crippen MR) is 84.6 cm³/mol. The van der Waals surface area contributed by atoms with E-state index in [-0.39, 0.29) is 23.1 Å². The molecule has 0 fully saturated rings. The van der Waals surface area contributed by atoms with E-state index in [2.05, 4.69) is 15.5 Å². The summed E-state index contributed by atoms with van der Waals surface area (Å²) in [7, 11) is 0. The average Bonchev–Trinajstić information content (AvgIpc) is 2.56. The zero-order valence-corrected chi connectivity index (χ0v) is 12.3. The number of carbonyl (C=O) groups excluding carboxylic acids is 1. The first kappa shape index (κ1) is 14.9. The van der Waals surface area contributed by atoms with Crippen molar-refractivity contribution in [2.45, 2.75) is 13.0 Å². The maximum Gasteiger partial charge on any atom is 0.272 e. The molecular weight excluding hydrogens is 297 g/mol. The molecule has 116 valence electrons. The number of benzene rings is 2. The van der Waals surface area contributed by atoms with Gasteiger partial charge in [0.15, 0.2) is 5.69 Å². The second-order valence-corrected chi connectivity index (χ2v) is 5.19. The SMILES string of the molecule is C[C@@H](NC(=O)c1n[nH]c(=O)c2ccccc12)c1ccc(F)cc1. The van der Waals surface area contributed by atoms with Crippen LogP contribution in [0.2, 0.25) is 0 Å². The van der Waals surface area contributed by atoms with E-state index in [9.17, 15) is 14.0 Å². The molecule has 1 atom stereocenters. The molecule has 0 radical (unpaired) electrons. The molecule has 0 saturated carbocycles. The number of aromatic amines is 1. The van der Waals surface area contributed by atoms with Gasteiger partial charge in [0, 0.05) is 5.39 Å². The predicted octanol–water partition coefficient (Wildman–Crippen LogP) is 2.55. The fourth-order valence-electron chi connectivity index (χ4n) is 2.39. The van der Waals surface area contributed by atoms with Gasteiger partial charge >= 0.3 is 0 Å². The summed E-state index contributed by atoms with van der Waals surface area (Å²) >= 11 is 0. The third-order valence-electron chi connectivity index (χ3n) is 3.63. The number of aromatic nitrogens is 2. The third-order valence-corrected chi connectivity index (χ3v) is 3.63. The molecule has 0 aliphatic carbocycles. The van der Waals surface area contributed by atoms with Crippen molar-refractivity contribution in [1.82, 2.24) is 15.5 Å². The van der Waals surface area contributed by atoms with Crippen LogP contribution >= 0.6 is 0 Å². The van der Waals surface area contributed by atoms with Crippen LogP contribution in [0.25, 0.3) is 10.8 Å². The van der Waals surface area contributed by atoms with Crippen LogP contribution in [-0.2, 0) is 0 Å². The molecule has 1 aromatic heterocycles. The number of H-pyrrole nitrogens is 1. The zero-order valence-electron chi connectivity index (χ0n) is 12.3. The number of rotatable bonds is 3. The van der Waals surface area contributed by atoms with Gasteiger partial charge in [0.05, 0.1) is 11.4 Å². The van der Waals surface area contributed by atoms with Gasteiger partial charge in [0.25, 0.3) is 11.5 Å². The Morgan fingerprint density at radius 3 is 2.48 bits per heavy atom. The van der Waals surface area contributed by atoms with E-state index in [1.165, 1.54) is 12.1 Å². The Hall–Kier alpha value is -3.02. The number of nitrogens with one attached hydrogen (secondary N) is 2. The Morgan fingerprint density at radius 2 is 1.78 bits per heavy atom. The molecule has 0 aliphatic rings. The molecule has 0 spiro atoms. The highest BCUT2D eigenvalue weighted by atomic mass is 19.1. The lowest BCUT2D eigenvalue weighted by Gasteiger charge is -2.14. The summed E-state index contributed by atoms with van der Waals surface area (Å²) in [6.45, 7) is 1.79. The lowest BCUT2D eigenvalue weighted by Crippen LogP contribution is -2.29. The molecule has 23 heavy (non-hydrogen) atoms. The summed E-state index contributed by atoms with van der Waals surface area (Å²) in [5.41, 5.74) is 0.575. The van der Waals surface area contributed by atoms with Crippen molar-refractivity contribution in [1.29, 1.82) is 0 Å². The fraction of sp³-hybridized carbons (Fsp3) is 0.118. The highest BCUT2D eigenvalue weighted by Crippen LogP contribution is 2.16. The molecule has 1 heterocycles. The van der Waals surface area contributed by atoms with E-state index in [0.29, 0.717) is 10.8 Å². The van der Waals surface area contributed by atoms with Crippen molar-refractivity contribution in [2.75, 3.05) is 0 Å². The van der Waals surface area contributed by atoms with Crippen LogP contribution in [0.4, 0.5) is 4.39 Å². The first-order valence-electron chi connectivity index (χ1n) is 7.10. The number of carbonyl (C=O) groups is 1. The van der Waals surface area contributed by atoms with E-state index in [1.54, 1.807) is 43.3 Å². The molecule has 0 saturated heterocycles. The van der Waals surface area contributed by atoms with Crippen molar-refractivity contribution in [3.8, 4) is 0 Å². The van der Waals surface area contributed by atoms with Crippen LogP contribution < -0.4 is 10.9 Å². The Labute approximate surface area is 131 Å². The third kappa shape index (κ3) is 2.96. The molecule has 0 aliphatic heterocycles. The summed E-state index contributed by atoms with van der Waals surface area (Å²) in [6.07, 6.45) is 0. The van der Waals surface area contributed by atoms with Gasteiger partial charge in [-0.25, -0.2) is 9.49 Å². The van der Waals surface area contributed by atoms with Gasteiger partial charge in [-0.2, -0.15) is 5.10 Å². The van der Waals surface area contributed by atoms with Crippen molar-refractivity contribution in [3.63, 3.8) is 0 Å². The second kappa shape index (κ2) is 6.00. The second-order valence-electron chi connectivity index (χ2n) is 5.19.